The van der Waals surface area contributed by atoms with Crippen molar-refractivity contribution in [3.8, 4) is 0 Å². The number of piperidine rings is 2. The molecule has 1 unspecified atom stereocenters. The third kappa shape index (κ3) is 24.7. The number of likely N-dealkylation sites (tertiary alicyclic amines) is 1. The summed E-state index contributed by atoms with van der Waals surface area (Å²) in [6, 6.07) is 0. The first-order chi connectivity index (χ1) is 23.1. The highest BCUT2D eigenvalue weighted by molar-refractivity contribution is 4.90. The molecule has 0 aromatic rings. The maximum atomic E-state index is 13.1. The molecule has 0 aromatic heterocycles. The van der Waals surface area contributed by atoms with Crippen molar-refractivity contribution >= 4 is 0 Å². The van der Waals surface area contributed by atoms with Crippen LogP contribution in [0.25, 0.3) is 0 Å². The molecule has 0 bridgehead atoms. The highest BCUT2D eigenvalue weighted by Crippen LogP contribution is 2.45. The molecule has 0 radical (unpaired) electrons. The summed E-state index contributed by atoms with van der Waals surface area (Å²) in [5.41, 5.74) is 2.14. The predicted molar refractivity (Wildman–Crippen MR) is 220 cm³/mol. The smallest absolute Gasteiger partial charge is 0.248 e. The van der Waals surface area contributed by atoms with Gasteiger partial charge in [-0.2, -0.15) is 0 Å². The van der Waals surface area contributed by atoms with Crippen molar-refractivity contribution in [2.24, 2.45) is 32.5 Å². The van der Waals surface area contributed by atoms with Crippen LogP contribution in [0.4, 0.5) is 13.2 Å². The summed E-state index contributed by atoms with van der Waals surface area (Å²) in [5, 5.41) is 3.34. The largest absolute Gasteiger partial charge is 0.317 e. The molecule has 0 amide bonds. The van der Waals surface area contributed by atoms with E-state index < -0.39 is 11.6 Å². The molecule has 1 atom stereocenters. The molecule has 2 nitrogen and oxygen atoms in total. The van der Waals surface area contributed by atoms with E-state index in [-0.39, 0.29) is 23.7 Å². The zero-order chi connectivity index (χ0) is 39.3. The average molecular weight is 729 g/mol. The summed E-state index contributed by atoms with van der Waals surface area (Å²) in [7, 11) is 2.20. The van der Waals surface area contributed by atoms with E-state index in [4.69, 9.17) is 0 Å². The Balaban J connectivity index is 0.000000307. The molecule has 6 aliphatic rings. The summed E-state index contributed by atoms with van der Waals surface area (Å²) >= 11 is 0. The lowest BCUT2D eigenvalue weighted by Crippen LogP contribution is -2.34. The second kappa shape index (κ2) is 20.6. The molecule has 1 N–H and O–H groups in total. The quantitative estimate of drug-likeness (QED) is 0.267. The summed E-state index contributed by atoms with van der Waals surface area (Å²) in [6.45, 7) is 34.0. The average Bonchev–Trinajstić information content (AvgIpc) is 3.52. The number of rotatable bonds is 0. The van der Waals surface area contributed by atoms with E-state index in [9.17, 15) is 13.2 Å². The summed E-state index contributed by atoms with van der Waals surface area (Å²) in [4.78, 5) is 2.41. The predicted octanol–water partition coefficient (Wildman–Crippen LogP) is 14.8. The van der Waals surface area contributed by atoms with E-state index in [1.165, 1.54) is 110 Å². The maximum Gasteiger partial charge on any atom is 0.248 e. The molecule has 4 saturated carbocycles. The van der Waals surface area contributed by atoms with Gasteiger partial charge < -0.3 is 10.2 Å². The van der Waals surface area contributed by atoms with E-state index >= 15 is 0 Å². The lowest BCUT2D eigenvalue weighted by Gasteiger charge is -2.34. The lowest BCUT2D eigenvalue weighted by atomic mass is 9.76. The second-order valence-corrected chi connectivity index (χ2v) is 22.8. The second-order valence-electron chi connectivity index (χ2n) is 22.8. The van der Waals surface area contributed by atoms with Gasteiger partial charge in [0, 0.05) is 12.8 Å². The zero-order valence-electron chi connectivity index (χ0n) is 37.1. The van der Waals surface area contributed by atoms with Crippen LogP contribution in [-0.4, -0.2) is 49.7 Å². The highest BCUT2D eigenvalue weighted by atomic mass is 19.3. The van der Waals surface area contributed by atoms with Gasteiger partial charge in [-0.15, -0.1) is 0 Å². The molecule has 0 spiro atoms. The Labute approximate surface area is 318 Å². The molecular formula is C46H91F3N2. The third-order valence-electron chi connectivity index (χ3n) is 13.0. The SMILES string of the molecule is CC1(C)CCC(C)(F)C1.CC1(C)CCC(F)(F)CC1.CC1(C)CCCC1.CC1(C)CCCCC1.CC1(C)CCNCC1.CN1CCC(C)(C)CC1. The van der Waals surface area contributed by atoms with Gasteiger partial charge >= 0.3 is 0 Å². The Morgan fingerprint density at radius 1 is 0.373 bits per heavy atom. The molecule has 2 aliphatic heterocycles. The van der Waals surface area contributed by atoms with Crippen molar-refractivity contribution in [3.05, 3.63) is 0 Å². The Hall–Kier alpha value is -0.290. The van der Waals surface area contributed by atoms with Crippen LogP contribution in [0.5, 0.6) is 0 Å². The van der Waals surface area contributed by atoms with Crippen molar-refractivity contribution in [1.82, 2.24) is 10.2 Å². The summed E-state index contributed by atoms with van der Waals surface area (Å²) in [6.07, 6.45) is 22.6. The minimum Gasteiger partial charge on any atom is -0.317 e. The molecular weight excluding hydrogens is 638 g/mol. The van der Waals surface area contributed by atoms with Gasteiger partial charge in [0.1, 0.15) is 5.67 Å². The number of alkyl halides is 3. The molecule has 51 heavy (non-hydrogen) atoms. The van der Waals surface area contributed by atoms with Gasteiger partial charge in [0.05, 0.1) is 0 Å². The first-order valence-electron chi connectivity index (χ1n) is 21.5. The summed E-state index contributed by atoms with van der Waals surface area (Å²) < 4.78 is 38.2. The van der Waals surface area contributed by atoms with Crippen LogP contribution < -0.4 is 5.32 Å². The van der Waals surface area contributed by atoms with E-state index in [0.717, 1.165) is 19.3 Å². The summed E-state index contributed by atoms with van der Waals surface area (Å²) in [5.74, 6) is -2.37. The topological polar surface area (TPSA) is 15.3 Å². The zero-order valence-corrected chi connectivity index (χ0v) is 37.1. The van der Waals surface area contributed by atoms with E-state index in [1.807, 2.05) is 0 Å². The van der Waals surface area contributed by atoms with Crippen LogP contribution >= 0.6 is 0 Å². The third-order valence-corrected chi connectivity index (χ3v) is 13.0. The number of nitrogens with one attached hydrogen (secondary N) is 1. The Bertz CT molecular complexity index is 848. The van der Waals surface area contributed by atoms with Gasteiger partial charge in [0.15, 0.2) is 0 Å². The van der Waals surface area contributed by atoms with E-state index in [2.05, 4.69) is 100 Å². The van der Waals surface area contributed by atoms with Gasteiger partial charge in [0.25, 0.3) is 0 Å². The number of nitrogens with zero attached hydrogens (tertiary/aromatic N) is 1. The van der Waals surface area contributed by atoms with Crippen molar-refractivity contribution in [3.63, 3.8) is 0 Å². The minimum absolute atomic E-state index is 0.0833. The van der Waals surface area contributed by atoms with Crippen molar-refractivity contribution in [1.29, 1.82) is 0 Å². The standard InChI is InChI=1S/C8H14F2.C8H15F.C8H17N.C8H16.C7H15N.C7H14/c1-7(2)3-5-8(9,10)6-4-7;1-7(2)4-5-8(3,9)6-7;1-8(2)4-6-9(3)7-5-8;1-8(2)6-4-3-5-7-8;1-7(2)3-5-8-6-4-7;1-7(2)5-3-4-6-7/h3-6H2,1-2H3;4-6H2,1-3H3;4-7H2,1-3H3;3-7H2,1-2H3;8H,3-6H2,1-2H3;3-6H2,1-2H3. The van der Waals surface area contributed by atoms with Gasteiger partial charge in [0.2, 0.25) is 5.92 Å². The number of hydrogen-bond donors (Lipinski definition) is 1. The van der Waals surface area contributed by atoms with E-state index in [1.54, 1.807) is 6.92 Å². The molecule has 2 heterocycles. The minimum atomic E-state index is -2.37. The van der Waals surface area contributed by atoms with Crippen molar-refractivity contribution in [2.45, 2.75) is 230 Å². The van der Waals surface area contributed by atoms with Crippen LogP contribution in [0.15, 0.2) is 0 Å². The monoisotopic (exact) mass is 729 g/mol. The van der Waals surface area contributed by atoms with E-state index in [0.29, 0.717) is 34.5 Å². The Morgan fingerprint density at radius 2 is 0.706 bits per heavy atom. The molecule has 6 fully saturated rings. The first-order valence-corrected chi connectivity index (χ1v) is 21.5. The maximum absolute atomic E-state index is 13.1. The fourth-order valence-corrected chi connectivity index (χ4v) is 8.23. The fraction of sp³-hybridized carbons (Fsp3) is 1.00. The number of halogens is 3. The Morgan fingerprint density at radius 3 is 0.922 bits per heavy atom. The van der Waals surface area contributed by atoms with Gasteiger partial charge in [-0.1, -0.05) is 115 Å². The molecule has 6 rings (SSSR count). The van der Waals surface area contributed by atoms with Crippen LogP contribution in [0, 0.1) is 32.5 Å². The van der Waals surface area contributed by atoms with Crippen molar-refractivity contribution < 1.29 is 13.2 Å². The molecule has 5 heteroatoms. The first kappa shape index (κ1) is 48.7. The van der Waals surface area contributed by atoms with Gasteiger partial charge in [-0.3, -0.25) is 0 Å². The molecule has 2 saturated heterocycles. The molecule has 0 aromatic carbocycles. The number of hydrogen-bond acceptors (Lipinski definition) is 2. The van der Waals surface area contributed by atoms with Gasteiger partial charge in [-0.05, 0) is 156 Å². The fourth-order valence-electron chi connectivity index (χ4n) is 8.23. The van der Waals surface area contributed by atoms with Crippen LogP contribution in [0.1, 0.15) is 218 Å². The Kier molecular flexibility index (Phi) is 19.7. The lowest BCUT2D eigenvalue weighted by molar-refractivity contribution is -0.0599. The van der Waals surface area contributed by atoms with Crippen molar-refractivity contribution in [2.75, 3.05) is 33.2 Å². The molecule has 4 aliphatic carbocycles. The molecule has 306 valence electrons. The van der Waals surface area contributed by atoms with Gasteiger partial charge in [-0.25, -0.2) is 13.2 Å². The van der Waals surface area contributed by atoms with Crippen LogP contribution in [0.3, 0.4) is 0 Å². The normalized spacial score (nSPS) is 30.8. The van der Waals surface area contributed by atoms with Crippen LogP contribution in [0.2, 0.25) is 0 Å². The van der Waals surface area contributed by atoms with Crippen LogP contribution in [-0.2, 0) is 0 Å². The highest BCUT2D eigenvalue weighted by Gasteiger charge is 2.40.